The average molecular weight is 353 g/mol. The molecule has 1 saturated carbocycles. The van der Waals surface area contributed by atoms with Crippen molar-refractivity contribution in [2.45, 2.75) is 24.7 Å². The summed E-state index contributed by atoms with van der Waals surface area (Å²) >= 11 is 0. The summed E-state index contributed by atoms with van der Waals surface area (Å²) in [6.07, 6.45) is 1.82. The van der Waals surface area contributed by atoms with Crippen molar-refractivity contribution in [2.75, 3.05) is 26.2 Å². The van der Waals surface area contributed by atoms with Gasteiger partial charge in [-0.15, -0.1) is 0 Å². The maximum Gasteiger partial charge on any atom is 0.289 e. The highest BCUT2D eigenvalue weighted by Crippen LogP contribution is 2.33. The summed E-state index contributed by atoms with van der Waals surface area (Å²) in [6.45, 7) is 2.52. The fraction of sp³-hybridized carbons (Fsp3) is 0.533. The standard InChI is InChI=1S/C15H19N3O5S/c1-11-3-2-4-13(18(20)21)14(11)24(22,23)17-9-7-16(8-10-17)15(19)12-5-6-12/h2-4,12H,5-10H2,1H3. The number of amides is 1. The first-order valence-electron chi connectivity index (χ1n) is 7.85. The van der Waals surface area contributed by atoms with Gasteiger partial charge < -0.3 is 4.90 Å². The van der Waals surface area contributed by atoms with E-state index in [1.54, 1.807) is 17.9 Å². The van der Waals surface area contributed by atoms with Gasteiger partial charge in [-0.1, -0.05) is 12.1 Å². The average Bonchev–Trinajstić information content (AvgIpc) is 3.38. The van der Waals surface area contributed by atoms with Crippen LogP contribution >= 0.6 is 0 Å². The highest BCUT2D eigenvalue weighted by molar-refractivity contribution is 7.89. The molecule has 1 saturated heterocycles. The molecule has 0 N–H and O–H groups in total. The van der Waals surface area contributed by atoms with Crippen LogP contribution in [0.2, 0.25) is 0 Å². The molecule has 0 radical (unpaired) electrons. The van der Waals surface area contributed by atoms with Gasteiger partial charge in [-0.3, -0.25) is 14.9 Å². The van der Waals surface area contributed by atoms with Gasteiger partial charge >= 0.3 is 0 Å². The topological polar surface area (TPSA) is 101 Å². The van der Waals surface area contributed by atoms with E-state index < -0.39 is 20.6 Å². The lowest BCUT2D eigenvalue weighted by molar-refractivity contribution is -0.387. The Morgan fingerprint density at radius 2 is 1.83 bits per heavy atom. The van der Waals surface area contributed by atoms with Crippen LogP contribution in [0.5, 0.6) is 0 Å². The highest BCUT2D eigenvalue weighted by Gasteiger charge is 2.38. The van der Waals surface area contributed by atoms with Crippen molar-refractivity contribution in [1.82, 2.24) is 9.21 Å². The van der Waals surface area contributed by atoms with Crippen molar-refractivity contribution in [1.29, 1.82) is 0 Å². The number of nitrogens with zero attached hydrogens (tertiary/aromatic N) is 3. The summed E-state index contributed by atoms with van der Waals surface area (Å²) in [7, 11) is -3.97. The molecule has 9 heteroatoms. The lowest BCUT2D eigenvalue weighted by Crippen LogP contribution is -2.51. The summed E-state index contributed by atoms with van der Waals surface area (Å²) in [5, 5.41) is 11.2. The molecular formula is C15H19N3O5S. The lowest BCUT2D eigenvalue weighted by atomic mass is 10.2. The van der Waals surface area contributed by atoms with Gasteiger partial charge in [-0.25, -0.2) is 8.42 Å². The van der Waals surface area contributed by atoms with Crippen molar-refractivity contribution in [3.05, 3.63) is 33.9 Å². The van der Waals surface area contributed by atoms with E-state index in [0.717, 1.165) is 12.8 Å². The van der Waals surface area contributed by atoms with Crippen LogP contribution in [0.3, 0.4) is 0 Å². The summed E-state index contributed by atoms with van der Waals surface area (Å²) in [4.78, 5) is 24.0. The number of hydrogen-bond acceptors (Lipinski definition) is 5. The van der Waals surface area contributed by atoms with Gasteiger partial charge in [0.25, 0.3) is 5.69 Å². The molecule has 3 rings (SSSR count). The number of carbonyl (C=O) groups excluding carboxylic acids is 1. The number of nitro groups is 1. The molecule has 24 heavy (non-hydrogen) atoms. The molecule has 1 heterocycles. The number of carbonyl (C=O) groups is 1. The van der Waals surface area contributed by atoms with Gasteiger partial charge in [0, 0.05) is 38.2 Å². The van der Waals surface area contributed by atoms with Gasteiger partial charge in [-0.05, 0) is 25.3 Å². The third-order valence-electron chi connectivity index (χ3n) is 4.46. The Kier molecular flexibility index (Phi) is 4.31. The number of aryl methyl sites for hydroxylation is 1. The van der Waals surface area contributed by atoms with Gasteiger partial charge in [0.1, 0.15) is 0 Å². The number of piperazine rings is 1. The Hall–Kier alpha value is -2.00. The van der Waals surface area contributed by atoms with E-state index in [2.05, 4.69) is 0 Å². The minimum Gasteiger partial charge on any atom is -0.340 e. The van der Waals surface area contributed by atoms with Crippen molar-refractivity contribution in [3.63, 3.8) is 0 Å². The van der Waals surface area contributed by atoms with Crippen molar-refractivity contribution >= 4 is 21.6 Å². The zero-order chi connectivity index (χ0) is 17.5. The molecule has 2 fully saturated rings. The summed E-state index contributed by atoms with van der Waals surface area (Å²) in [6, 6.07) is 4.22. The predicted octanol–water partition coefficient (Wildman–Crippen LogP) is 1.15. The van der Waals surface area contributed by atoms with Crippen molar-refractivity contribution in [2.24, 2.45) is 5.92 Å². The smallest absolute Gasteiger partial charge is 0.289 e. The monoisotopic (exact) mass is 353 g/mol. The van der Waals surface area contributed by atoms with E-state index in [4.69, 9.17) is 0 Å². The minimum atomic E-state index is -3.97. The van der Waals surface area contributed by atoms with Crippen LogP contribution in [0, 0.1) is 23.0 Å². The molecule has 0 bridgehead atoms. The van der Waals surface area contributed by atoms with Crippen LogP contribution in [-0.4, -0.2) is 54.6 Å². The molecule has 1 aromatic carbocycles. The van der Waals surface area contributed by atoms with Gasteiger partial charge in [0.05, 0.1) is 4.92 Å². The van der Waals surface area contributed by atoms with E-state index in [1.165, 1.54) is 16.4 Å². The Morgan fingerprint density at radius 1 is 1.21 bits per heavy atom. The zero-order valence-corrected chi connectivity index (χ0v) is 14.2. The molecule has 0 spiro atoms. The predicted molar refractivity (Wildman–Crippen MR) is 85.9 cm³/mol. The number of benzene rings is 1. The SMILES string of the molecule is Cc1cccc([N+](=O)[O-])c1S(=O)(=O)N1CCN(C(=O)C2CC2)CC1. The second-order valence-electron chi connectivity index (χ2n) is 6.18. The third-order valence-corrected chi connectivity index (χ3v) is 6.55. The summed E-state index contributed by atoms with van der Waals surface area (Å²) in [5.74, 6) is 0.194. The van der Waals surface area contributed by atoms with Crippen LogP contribution in [-0.2, 0) is 14.8 Å². The molecule has 1 aliphatic heterocycles. The molecular weight excluding hydrogens is 334 g/mol. The van der Waals surface area contributed by atoms with Crippen LogP contribution in [0.15, 0.2) is 23.1 Å². The summed E-state index contributed by atoms with van der Waals surface area (Å²) < 4.78 is 27.0. The molecule has 0 aromatic heterocycles. The molecule has 130 valence electrons. The summed E-state index contributed by atoms with van der Waals surface area (Å²) in [5.41, 5.74) is -0.0628. The van der Waals surface area contributed by atoms with Gasteiger partial charge in [0.15, 0.2) is 4.90 Å². The number of nitro benzene ring substituents is 1. The fourth-order valence-corrected chi connectivity index (χ4v) is 4.77. The molecule has 8 nitrogen and oxygen atoms in total. The molecule has 2 aliphatic rings. The van der Waals surface area contributed by atoms with Crippen LogP contribution < -0.4 is 0 Å². The first-order valence-corrected chi connectivity index (χ1v) is 9.29. The first kappa shape index (κ1) is 16.8. The number of sulfonamides is 1. The van der Waals surface area contributed by atoms with Crippen molar-refractivity contribution in [3.8, 4) is 0 Å². The molecule has 0 unspecified atom stereocenters. The highest BCUT2D eigenvalue weighted by atomic mass is 32.2. The number of hydrogen-bond donors (Lipinski definition) is 0. The Balaban J connectivity index is 1.82. The van der Waals surface area contributed by atoms with Crippen LogP contribution in [0.4, 0.5) is 5.69 Å². The molecule has 1 amide bonds. The fourth-order valence-electron chi connectivity index (χ4n) is 2.98. The van der Waals surface area contributed by atoms with Crippen LogP contribution in [0.1, 0.15) is 18.4 Å². The van der Waals surface area contributed by atoms with Gasteiger partial charge in [0.2, 0.25) is 15.9 Å². The van der Waals surface area contributed by atoms with E-state index >= 15 is 0 Å². The van der Waals surface area contributed by atoms with Crippen molar-refractivity contribution < 1.29 is 18.1 Å². The van der Waals surface area contributed by atoms with Gasteiger partial charge in [-0.2, -0.15) is 4.31 Å². The molecule has 1 aromatic rings. The largest absolute Gasteiger partial charge is 0.340 e. The third kappa shape index (κ3) is 3.01. The Labute approximate surface area is 140 Å². The first-order chi connectivity index (χ1) is 11.3. The van der Waals surface area contributed by atoms with E-state index in [-0.39, 0.29) is 29.8 Å². The second-order valence-corrected chi connectivity index (χ2v) is 8.06. The Bertz CT molecular complexity index is 780. The lowest BCUT2D eigenvalue weighted by Gasteiger charge is -2.34. The normalized spacial score (nSPS) is 19.3. The van der Waals surface area contributed by atoms with E-state index in [0.29, 0.717) is 18.7 Å². The van der Waals surface area contributed by atoms with Crippen LogP contribution in [0.25, 0.3) is 0 Å². The maximum atomic E-state index is 12.9. The van der Waals surface area contributed by atoms with E-state index in [9.17, 15) is 23.3 Å². The zero-order valence-electron chi connectivity index (χ0n) is 13.3. The van der Waals surface area contributed by atoms with E-state index in [1.807, 2.05) is 0 Å². The quantitative estimate of drug-likeness (QED) is 0.597. The number of rotatable bonds is 4. The maximum absolute atomic E-state index is 12.9. The Morgan fingerprint density at radius 3 is 2.38 bits per heavy atom. The molecule has 0 atom stereocenters. The molecule has 1 aliphatic carbocycles. The second kappa shape index (κ2) is 6.14. The minimum absolute atomic E-state index is 0.0916.